The molecule has 0 aliphatic rings. The third-order valence-electron chi connectivity index (χ3n) is 3.39. The fourth-order valence-electron chi connectivity index (χ4n) is 2.10. The molecule has 0 unspecified atom stereocenters. The minimum absolute atomic E-state index is 0.185. The predicted octanol–water partition coefficient (Wildman–Crippen LogP) is 3.32. The van der Waals surface area contributed by atoms with E-state index in [0.29, 0.717) is 12.7 Å². The summed E-state index contributed by atoms with van der Waals surface area (Å²) in [5.74, 6) is -2.61. The maximum atomic E-state index is 14.2. The van der Waals surface area contributed by atoms with Crippen LogP contribution in [0.5, 0.6) is 11.6 Å². The summed E-state index contributed by atoms with van der Waals surface area (Å²) in [6.07, 6.45) is 2.05. The lowest BCUT2D eigenvalue weighted by Gasteiger charge is -2.12. The number of ether oxygens (including phenoxy) is 2. The molecule has 1 heterocycles. The van der Waals surface area contributed by atoms with Gasteiger partial charge in [0.2, 0.25) is 15.9 Å². The van der Waals surface area contributed by atoms with Crippen LogP contribution in [0.25, 0.3) is 0 Å². The lowest BCUT2D eigenvalue weighted by molar-refractivity contribution is 0.0977. The van der Waals surface area contributed by atoms with Crippen LogP contribution < -0.4 is 14.2 Å². The number of benzene rings is 1. The number of halogens is 3. The smallest absolute Gasteiger partial charge is 0.267 e. The number of nitrogens with one attached hydrogen (secondary N) is 1. The van der Waals surface area contributed by atoms with Gasteiger partial charge in [0, 0.05) is 11.6 Å². The van der Waals surface area contributed by atoms with E-state index in [2.05, 4.69) is 4.98 Å². The topological polar surface area (TPSA) is 94.6 Å². The highest BCUT2D eigenvalue weighted by molar-refractivity contribution is 7.89. The van der Waals surface area contributed by atoms with E-state index >= 15 is 0 Å². The average molecular weight is 449 g/mol. The van der Waals surface area contributed by atoms with Gasteiger partial charge in [0.1, 0.15) is 29.0 Å². The van der Waals surface area contributed by atoms with Crippen molar-refractivity contribution in [2.24, 2.45) is 5.92 Å². The fourth-order valence-corrected chi connectivity index (χ4v) is 2.75. The van der Waals surface area contributed by atoms with Gasteiger partial charge in [-0.25, -0.2) is 26.9 Å². The molecule has 0 bridgehead atoms. The summed E-state index contributed by atoms with van der Waals surface area (Å²) < 4.78 is 62.8. The third-order valence-corrected chi connectivity index (χ3v) is 4.22. The Balaban J connectivity index is 2.10. The second kappa shape index (κ2) is 9.36. The van der Waals surface area contributed by atoms with Crippen molar-refractivity contribution in [2.45, 2.75) is 20.5 Å². The van der Waals surface area contributed by atoms with Crippen molar-refractivity contribution in [1.29, 1.82) is 0 Å². The average Bonchev–Trinajstić information content (AvgIpc) is 2.59. The molecule has 7 nitrogen and oxygen atoms in total. The SMILES string of the molecule is CC(C)COc1ncc(OCc2cc(F)c(C(=O)NS(C)(=O)=O)cc2F)cc1Cl. The predicted molar refractivity (Wildman–Crippen MR) is 103 cm³/mol. The number of amides is 1. The van der Waals surface area contributed by atoms with E-state index in [1.54, 1.807) is 4.72 Å². The van der Waals surface area contributed by atoms with Gasteiger partial charge >= 0.3 is 0 Å². The number of rotatable bonds is 8. The van der Waals surface area contributed by atoms with Crippen LogP contribution in [0.3, 0.4) is 0 Å². The van der Waals surface area contributed by atoms with E-state index in [-0.39, 0.29) is 34.7 Å². The normalized spacial score (nSPS) is 11.4. The molecule has 0 atom stereocenters. The zero-order valence-electron chi connectivity index (χ0n) is 15.8. The highest BCUT2D eigenvalue weighted by atomic mass is 35.5. The number of hydrogen-bond acceptors (Lipinski definition) is 6. The van der Waals surface area contributed by atoms with Gasteiger partial charge in [0.25, 0.3) is 5.91 Å². The first kappa shape index (κ1) is 22.8. The standard InChI is InChI=1S/C18H19ClF2N2O5S/c1-10(2)8-28-18-14(19)5-12(7-22-18)27-9-11-4-16(21)13(6-15(11)20)17(24)23-29(3,25)26/h4-7,10H,8-9H2,1-3H3,(H,23,24). The minimum atomic E-state index is -3.92. The van der Waals surface area contributed by atoms with Crippen LogP contribution in [0, 0.1) is 17.6 Å². The van der Waals surface area contributed by atoms with Crippen LogP contribution in [-0.2, 0) is 16.6 Å². The van der Waals surface area contributed by atoms with Crippen LogP contribution in [0.15, 0.2) is 24.4 Å². The Morgan fingerprint density at radius 1 is 1.21 bits per heavy atom. The maximum Gasteiger partial charge on any atom is 0.267 e. The monoisotopic (exact) mass is 448 g/mol. The maximum absolute atomic E-state index is 14.2. The van der Waals surface area contributed by atoms with Crippen LogP contribution >= 0.6 is 11.6 Å². The van der Waals surface area contributed by atoms with Crippen molar-refractivity contribution < 1.29 is 31.5 Å². The molecule has 29 heavy (non-hydrogen) atoms. The van der Waals surface area contributed by atoms with E-state index in [9.17, 15) is 22.0 Å². The molecule has 158 valence electrons. The first-order chi connectivity index (χ1) is 13.5. The molecular weight excluding hydrogens is 430 g/mol. The molecular formula is C18H19ClF2N2O5S. The Hall–Kier alpha value is -2.46. The van der Waals surface area contributed by atoms with Crippen molar-refractivity contribution >= 4 is 27.5 Å². The van der Waals surface area contributed by atoms with E-state index in [4.69, 9.17) is 21.1 Å². The first-order valence-corrected chi connectivity index (χ1v) is 10.6. The van der Waals surface area contributed by atoms with Crippen molar-refractivity contribution in [2.75, 3.05) is 12.9 Å². The molecule has 1 N–H and O–H groups in total. The van der Waals surface area contributed by atoms with Gasteiger partial charge in [-0.3, -0.25) is 4.79 Å². The number of aromatic nitrogens is 1. The molecule has 0 aliphatic carbocycles. The summed E-state index contributed by atoms with van der Waals surface area (Å²) in [4.78, 5) is 15.7. The van der Waals surface area contributed by atoms with E-state index in [1.165, 1.54) is 12.3 Å². The van der Waals surface area contributed by atoms with E-state index in [0.717, 1.165) is 12.3 Å². The van der Waals surface area contributed by atoms with Crippen molar-refractivity contribution in [3.8, 4) is 11.6 Å². The van der Waals surface area contributed by atoms with Gasteiger partial charge in [-0.05, 0) is 18.1 Å². The molecule has 1 aromatic carbocycles. The van der Waals surface area contributed by atoms with Crippen LogP contribution in [0.2, 0.25) is 5.02 Å². The Morgan fingerprint density at radius 3 is 2.48 bits per heavy atom. The number of sulfonamides is 1. The Morgan fingerprint density at radius 2 is 1.90 bits per heavy atom. The molecule has 2 aromatic rings. The molecule has 1 aromatic heterocycles. The van der Waals surface area contributed by atoms with Crippen molar-refractivity contribution in [1.82, 2.24) is 9.71 Å². The highest BCUT2D eigenvalue weighted by Gasteiger charge is 2.19. The van der Waals surface area contributed by atoms with Gasteiger partial charge in [0.05, 0.1) is 24.6 Å². The number of carbonyl (C=O) groups excluding carboxylic acids is 1. The quantitative estimate of drug-likeness (QED) is 0.665. The number of carbonyl (C=O) groups is 1. The van der Waals surface area contributed by atoms with E-state index < -0.39 is 33.1 Å². The number of pyridine rings is 1. The molecule has 1 amide bonds. The van der Waals surface area contributed by atoms with Gasteiger partial charge in [-0.1, -0.05) is 25.4 Å². The number of hydrogen-bond donors (Lipinski definition) is 1. The fraction of sp³-hybridized carbons (Fsp3) is 0.333. The zero-order valence-corrected chi connectivity index (χ0v) is 17.4. The lowest BCUT2D eigenvalue weighted by Crippen LogP contribution is -2.30. The molecule has 0 saturated carbocycles. The van der Waals surface area contributed by atoms with Gasteiger partial charge < -0.3 is 9.47 Å². The summed E-state index contributed by atoms with van der Waals surface area (Å²) in [5, 5.41) is 0.197. The molecule has 2 rings (SSSR count). The molecule has 0 saturated heterocycles. The Kier molecular flexibility index (Phi) is 7.37. The van der Waals surface area contributed by atoms with Crippen molar-refractivity contribution in [3.05, 3.63) is 52.2 Å². The summed E-state index contributed by atoms with van der Waals surface area (Å²) in [5.41, 5.74) is -0.928. The van der Waals surface area contributed by atoms with Gasteiger partial charge in [-0.2, -0.15) is 0 Å². The molecule has 0 radical (unpaired) electrons. The zero-order chi connectivity index (χ0) is 21.8. The number of nitrogens with zero attached hydrogens (tertiary/aromatic N) is 1. The third kappa shape index (κ3) is 6.82. The molecule has 0 fully saturated rings. The summed E-state index contributed by atoms with van der Waals surface area (Å²) in [6.45, 7) is 3.99. The van der Waals surface area contributed by atoms with Crippen molar-refractivity contribution in [3.63, 3.8) is 0 Å². The Labute approximate surface area is 172 Å². The second-order valence-corrected chi connectivity index (χ2v) is 8.73. The summed E-state index contributed by atoms with van der Waals surface area (Å²) in [7, 11) is -3.92. The second-order valence-electron chi connectivity index (χ2n) is 6.58. The highest BCUT2D eigenvalue weighted by Crippen LogP contribution is 2.27. The molecule has 0 spiro atoms. The van der Waals surface area contributed by atoms with Gasteiger partial charge in [0.15, 0.2) is 0 Å². The summed E-state index contributed by atoms with van der Waals surface area (Å²) in [6, 6.07) is 2.77. The molecule has 0 aliphatic heterocycles. The molecule has 11 heteroatoms. The van der Waals surface area contributed by atoms with E-state index in [1.807, 2.05) is 13.8 Å². The first-order valence-electron chi connectivity index (χ1n) is 8.37. The largest absolute Gasteiger partial charge is 0.487 e. The van der Waals surface area contributed by atoms with Crippen LogP contribution in [0.1, 0.15) is 29.8 Å². The minimum Gasteiger partial charge on any atom is -0.487 e. The Bertz CT molecular complexity index is 1020. The summed E-state index contributed by atoms with van der Waals surface area (Å²) >= 11 is 6.06. The lowest BCUT2D eigenvalue weighted by atomic mass is 10.1. The van der Waals surface area contributed by atoms with Crippen LogP contribution in [-0.4, -0.2) is 32.2 Å². The van der Waals surface area contributed by atoms with Crippen LogP contribution in [0.4, 0.5) is 8.78 Å². The van der Waals surface area contributed by atoms with Gasteiger partial charge in [-0.15, -0.1) is 0 Å².